The van der Waals surface area contributed by atoms with Gasteiger partial charge in [-0.1, -0.05) is 67.6 Å². The molecule has 1 aliphatic heterocycles. The number of aromatic nitrogens is 2. The maximum atomic E-state index is 13.6. The van der Waals surface area contributed by atoms with E-state index >= 15 is 0 Å². The Morgan fingerprint density at radius 2 is 1.61 bits per heavy atom. The lowest BCUT2D eigenvalue weighted by atomic mass is 9.80. The molecule has 9 nitrogen and oxygen atoms in total. The van der Waals surface area contributed by atoms with Crippen molar-refractivity contribution < 1.29 is 19.5 Å². The molecule has 1 saturated heterocycles. The second-order valence-corrected chi connectivity index (χ2v) is 11.6. The van der Waals surface area contributed by atoms with Crippen molar-refractivity contribution in [3.05, 3.63) is 89.2 Å². The highest BCUT2D eigenvalue weighted by atomic mass is 16.3. The molecule has 5 rings (SSSR count). The number of aliphatic hydroxyl groups is 1. The summed E-state index contributed by atoms with van der Waals surface area (Å²) in [5, 5.41) is 18.9. The van der Waals surface area contributed by atoms with Gasteiger partial charge in [-0.05, 0) is 63.1 Å². The molecule has 1 aromatic heterocycles. The molecule has 3 atom stereocenters. The van der Waals surface area contributed by atoms with Crippen LogP contribution in [0.25, 0.3) is 0 Å². The minimum atomic E-state index is -0.500. The SMILES string of the molecule is CC(C(=O)N1CCC1C(=O)NC1CCc2[nH]ncc2C1)C(c1ccccc1)c1ccccc1.CC(C)(C)O.NC=O. The minimum Gasteiger partial charge on any atom is -0.391 e. The third kappa shape index (κ3) is 9.01. The van der Waals surface area contributed by atoms with Crippen LogP contribution < -0.4 is 11.1 Å². The van der Waals surface area contributed by atoms with Crippen LogP contribution in [0.3, 0.4) is 0 Å². The lowest BCUT2D eigenvalue weighted by Gasteiger charge is -2.43. The number of fused-ring (bicyclic) bond motifs is 1. The number of benzene rings is 2. The molecule has 1 fully saturated rings. The van der Waals surface area contributed by atoms with Gasteiger partial charge in [0.25, 0.3) is 0 Å². The molecule has 0 radical (unpaired) electrons. The molecule has 2 aromatic carbocycles. The van der Waals surface area contributed by atoms with Crippen LogP contribution in [-0.2, 0) is 27.2 Å². The Morgan fingerprint density at radius 1 is 1.07 bits per heavy atom. The van der Waals surface area contributed by atoms with Crippen LogP contribution in [0.15, 0.2) is 66.9 Å². The standard InChI is InChI=1S/C27H30N4O2.C4H10O.CH3NO/c1-18(25(19-8-4-2-5-9-19)20-10-6-3-7-11-20)27(33)31-15-14-24(31)26(32)29-22-12-13-23-21(16-22)17-28-30-23;1-4(2,3)5;2-1-3/h2-11,17-18,22,24-25H,12-16H2,1H3,(H,28,30)(H,29,32);5H,1-3H3;1H,(H2,2,3). The van der Waals surface area contributed by atoms with Crippen molar-refractivity contribution in [1.29, 1.82) is 0 Å². The second-order valence-electron chi connectivity index (χ2n) is 11.6. The molecule has 3 amide bonds. The van der Waals surface area contributed by atoms with Gasteiger partial charge in [0.1, 0.15) is 6.04 Å². The number of amides is 3. The van der Waals surface area contributed by atoms with Gasteiger partial charge in [-0.2, -0.15) is 5.10 Å². The normalized spacial score (nSPS) is 18.3. The number of aryl methyl sites for hydroxylation is 1. The van der Waals surface area contributed by atoms with E-state index in [1.54, 1.807) is 25.7 Å². The number of H-pyrrole nitrogens is 1. The van der Waals surface area contributed by atoms with E-state index in [1.807, 2.05) is 49.5 Å². The molecule has 3 unspecified atom stereocenters. The molecule has 3 aromatic rings. The van der Waals surface area contributed by atoms with Gasteiger partial charge in [-0.25, -0.2) is 0 Å². The number of carbonyl (C=O) groups excluding carboxylic acids is 3. The highest BCUT2D eigenvalue weighted by molar-refractivity contribution is 5.90. The summed E-state index contributed by atoms with van der Waals surface area (Å²) in [6.07, 6.45) is 5.39. The van der Waals surface area contributed by atoms with Crippen molar-refractivity contribution in [3.8, 4) is 0 Å². The van der Waals surface area contributed by atoms with Crippen LogP contribution in [0.5, 0.6) is 0 Å². The molecular formula is C32H43N5O4. The maximum Gasteiger partial charge on any atom is 0.243 e. The van der Waals surface area contributed by atoms with E-state index in [1.165, 1.54) is 11.3 Å². The topological polar surface area (TPSA) is 141 Å². The van der Waals surface area contributed by atoms with Gasteiger partial charge in [0.2, 0.25) is 18.2 Å². The molecule has 220 valence electrons. The van der Waals surface area contributed by atoms with Gasteiger partial charge in [0, 0.05) is 30.1 Å². The number of hydrogen-bond acceptors (Lipinski definition) is 5. The fourth-order valence-corrected chi connectivity index (χ4v) is 5.26. The summed E-state index contributed by atoms with van der Waals surface area (Å²) in [4.78, 5) is 37.0. The number of primary amides is 1. The average Bonchev–Trinajstić information content (AvgIpc) is 3.37. The molecule has 5 N–H and O–H groups in total. The Kier molecular flexibility index (Phi) is 11.2. The number of nitrogens with two attached hydrogens (primary N) is 1. The Hall–Kier alpha value is -3.98. The van der Waals surface area contributed by atoms with Crippen molar-refractivity contribution in [2.24, 2.45) is 11.7 Å². The maximum absolute atomic E-state index is 13.6. The third-order valence-electron chi connectivity index (χ3n) is 7.18. The number of hydrogen-bond donors (Lipinski definition) is 4. The lowest BCUT2D eigenvalue weighted by Crippen LogP contribution is -2.61. The molecule has 2 heterocycles. The molecular weight excluding hydrogens is 518 g/mol. The summed E-state index contributed by atoms with van der Waals surface area (Å²) in [5.74, 6) is -0.315. The molecule has 0 spiro atoms. The monoisotopic (exact) mass is 561 g/mol. The Morgan fingerprint density at radius 3 is 2.10 bits per heavy atom. The van der Waals surface area contributed by atoms with Crippen LogP contribution in [0.2, 0.25) is 0 Å². The first kappa shape index (κ1) is 31.5. The van der Waals surface area contributed by atoms with Gasteiger partial charge in [0.05, 0.1) is 11.8 Å². The largest absolute Gasteiger partial charge is 0.391 e. The van der Waals surface area contributed by atoms with Crippen LogP contribution in [0.1, 0.15) is 68.8 Å². The summed E-state index contributed by atoms with van der Waals surface area (Å²) in [5.41, 5.74) is 8.24. The first-order valence-corrected chi connectivity index (χ1v) is 14.1. The number of aromatic amines is 1. The van der Waals surface area contributed by atoms with Gasteiger partial charge >= 0.3 is 0 Å². The second kappa shape index (κ2) is 14.6. The van der Waals surface area contributed by atoms with Crippen molar-refractivity contribution in [2.45, 2.75) is 77.0 Å². The predicted molar refractivity (Wildman–Crippen MR) is 159 cm³/mol. The fourth-order valence-electron chi connectivity index (χ4n) is 5.26. The van der Waals surface area contributed by atoms with Crippen molar-refractivity contribution in [2.75, 3.05) is 6.54 Å². The quantitative estimate of drug-likeness (QED) is 0.342. The number of carbonyl (C=O) groups is 3. The highest BCUT2D eigenvalue weighted by Crippen LogP contribution is 2.35. The van der Waals surface area contributed by atoms with Gasteiger partial charge in [-0.15, -0.1) is 0 Å². The molecule has 2 aliphatic rings. The zero-order valence-electron chi connectivity index (χ0n) is 24.4. The molecule has 0 bridgehead atoms. The van der Waals surface area contributed by atoms with E-state index in [4.69, 9.17) is 9.90 Å². The molecule has 9 heteroatoms. The Balaban J connectivity index is 0.000000515. The van der Waals surface area contributed by atoms with Gasteiger partial charge in [0.15, 0.2) is 0 Å². The zero-order valence-corrected chi connectivity index (χ0v) is 24.4. The highest BCUT2D eigenvalue weighted by Gasteiger charge is 2.42. The first-order chi connectivity index (χ1) is 19.5. The third-order valence-corrected chi connectivity index (χ3v) is 7.18. The summed E-state index contributed by atoms with van der Waals surface area (Å²) in [6, 6.07) is 20.1. The van der Waals surface area contributed by atoms with Crippen LogP contribution >= 0.6 is 0 Å². The molecule has 41 heavy (non-hydrogen) atoms. The lowest BCUT2D eigenvalue weighted by molar-refractivity contribution is -0.150. The summed E-state index contributed by atoms with van der Waals surface area (Å²) in [6.45, 7) is 7.85. The number of rotatable bonds is 6. The molecule has 0 saturated carbocycles. The van der Waals surface area contributed by atoms with Crippen molar-refractivity contribution in [1.82, 2.24) is 20.4 Å². The smallest absolute Gasteiger partial charge is 0.243 e. The number of nitrogens with one attached hydrogen (secondary N) is 2. The van der Waals surface area contributed by atoms with Gasteiger partial charge in [-0.3, -0.25) is 19.5 Å². The minimum absolute atomic E-state index is 0.0327. The zero-order chi connectivity index (χ0) is 30.0. The van der Waals surface area contributed by atoms with E-state index in [-0.39, 0.29) is 42.1 Å². The fraction of sp³-hybridized carbons (Fsp3) is 0.438. The summed E-state index contributed by atoms with van der Waals surface area (Å²) in [7, 11) is 0. The van der Waals surface area contributed by atoms with E-state index in [0.717, 1.165) is 36.8 Å². The Bertz CT molecular complexity index is 1210. The van der Waals surface area contributed by atoms with E-state index in [0.29, 0.717) is 6.54 Å². The van der Waals surface area contributed by atoms with Gasteiger partial charge < -0.3 is 21.1 Å². The average molecular weight is 562 g/mol. The first-order valence-electron chi connectivity index (χ1n) is 14.1. The number of nitrogens with zero attached hydrogens (tertiary/aromatic N) is 2. The van der Waals surface area contributed by atoms with E-state index < -0.39 is 5.60 Å². The van der Waals surface area contributed by atoms with Crippen molar-refractivity contribution >= 4 is 18.2 Å². The molecule has 1 aliphatic carbocycles. The van der Waals surface area contributed by atoms with Crippen LogP contribution in [0, 0.1) is 5.92 Å². The Labute approximate surface area is 242 Å². The van der Waals surface area contributed by atoms with Crippen molar-refractivity contribution in [3.63, 3.8) is 0 Å². The summed E-state index contributed by atoms with van der Waals surface area (Å²) < 4.78 is 0. The van der Waals surface area contributed by atoms with E-state index in [2.05, 4.69) is 45.5 Å². The van der Waals surface area contributed by atoms with Crippen LogP contribution in [-0.4, -0.2) is 62.7 Å². The predicted octanol–water partition coefficient (Wildman–Crippen LogP) is 3.33. The number of likely N-dealkylation sites (tertiary alicyclic amines) is 1. The summed E-state index contributed by atoms with van der Waals surface area (Å²) >= 11 is 0. The van der Waals surface area contributed by atoms with Crippen LogP contribution in [0.4, 0.5) is 0 Å². The van der Waals surface area contributed by atoms with E-state index in [9.17, 15) is 9.59 Å².